The first-order valence-electron chi connectivity index (χ1n) is 10.2. The zero-order chi connectivity index (χ0) is 22.7. The predicted molar refractivity (Wildman–Crippen MR) is 139 cm³/mol. The minimum Gasteiger partial charge on any atom is -0.149 e. The fraction of sp³-hybridized carbons (Fsp3) is 0.308. The fourth-order valence-corrected chi connectivity index (χ4v) is 5.72. The molecule has 0 bridgehead atoms. The maximum Gasteiger partial charge on any atom is 1.00 e. The second-order valence-electron chi connectivity index (χ2n) is 8.44. The molecular formula is C26H26Li2Si4. The zero-order valence-corrected chi connectivity index (χ0v) is 25.2. The predicted octanol–water partition coefficient (Wildman–Crippen LogP) is -3.23. The van der Waals surface area contributed by atoms with Crippen LogP contribution in [0.25, 0.3) is 21.5 Å². The van der Waals surface area contributed by atoms with Crippen LogP contribution >= 0.6 is 0 Å². The van der Waals surface area contributed by atoms with Crippen molar-refractivity contribution in [2.45, 2.75) is 55.4 Å². The first-order chi connectivity index (χ1) is 13.9. The van der Waals surface area contributed by atoms with Crippen molar-refractivity contribution < 1.29 is 37.7 Å². The molecule has 0 saturated carbocycles. The average Bonchev–Trinajstić information content (AvgIpc) is 3.18. The van der Waals surface area contributed by atoms with E-state index < -0.39 is 0 Å². The van der Waals surface area contributed by atoms with E-state index in [9.17, 15) is 0 Å². The molecule has 0 aromatic heterocycles. The van der Waals surface area contributed by atoms with E-state index in [4.69, 9.17) is 0 Å². The van der Waals surface area contributed by atoms with E-state index in [-0.39, 0.29) is 37.7 Å². The third kappa shape index (κ3) is 4.77. The molecule has 4 aromatic rings. The molecule has 6 heteroatoms. The molecule has 0 amide bonds. The molecule has 0 heterocycles. The topological polar surface area (TPSA) is 0 Å². The van der Waals surface area contributed by atoms with Crippen molar-refractivity contribution >= 4 is 83.3 Å². The van der Waals surface area contributed by atoms with Gasteiger partial charge in [0.1, 0.15) is 0 Å². The molecule has 0 aliphatic heterocycles. The molecule has 0 fully saturated rings. The Bertz CT molecular complexity index is 1210. The van der Waals surface area contributed by atoms with Crippen molar-refractivity contribution in [2.75, 3.05) is 0 Å². The summed E-state index contributed by atoms with van der Waals surface area (Å²) in [6.07, 6.45) is 0. The van der Waals surface area contributed by atoms with E-state index >= 15 is 0 Å². The van der Waals surface area contributed by atoms with Gasteiger partial charge in [0.15, 0.2) is 0 Å². The van der Waals surface area contributed by atoms with Gasteiger partial charge in [-0.25, -0.2) is 0 Å². The largest absolute Gasteiger partial charge is 1.00 e. The monoisotopic (exact) mass is 464 g/mol. The number of rotatable bonds is 0. The van der Waals surface area contributed by atoms with Crippen LogP contribution in [0, 0.1) is 55.4 Å². The third-order valence-corrected chi connectivity index (χ3v) is 9.42. The summed E-state index contributed by atoms with van der Waals surface area (Å²) in [6, 6.07) is 4.40. The van der Waals surface area contributed by atoms with Gasteiger partial charge in [-0.1, -0.05) is 66.2 Å². The summed E-state index contributed by atoms with van der Waals surface area (Å²) in [7, 11) is 14.7. The summed E-state index contributed by atoms with van der Waals surface area (Å²) < 4.78 is 0. The molecule has 0 unspecified atom stereocenters. The Morgan fingerprint density at radius 2 is 0.750 bits per heavy atom. The van der Waals surface area contributed by atoms with E-state index in [2.05, 4.69) is 108 Å². The van der Waals surface area contributed by atoms with Crippen LogP contribution < -0.4 is 58.5 Å². The van der Waals surface area contributed by atoms with Crippen LogP contribution in [0.4, 0.5) is 0 Å². The van der Waals surface area contributed by atoms with Crippen LogP contribution in [-0.4, -0.2) is 41.0 Å². The van der Waals surface area contributed by atoms with E-state index in [0.29, 0.717) is 0 Å². The summed E-state index contributed by atoms with van der Waals surface area (Å²) in [5.41, 5.74) is 11.1. The Balaban J connectivity index is 0.000000301. The summed E-state index contributed by atoms with van der Waals surface area (Å²) in [6.45, 7) is 17.6. The molecule has 32 heavy (non-hydrogen) atoms. The first kappa shape index (κ1) is 29.8. The number of aryl methyl sites for hydroxylation is 4. The van der Waals surface area contributed by atoms with Crippen LogP contribution in [0.2, 0.25) is 0 Å². The quantitative estimate of drug-likeness (QED) is 0.190. The summed E-state index contributed by atoms with van der Waals surface area (Å²) >= 11 is 0. The smallest absolute Gasteiger partial charge is 0.149 e. The first-order valence-corrected chi connectivity index (χ1v) is 12.2. The molecule has 4 aromatic carbocycles. The summed E-state index contributed by atoms with van der Waals surface area (Å²) in [5.74, 6) is 0. The standard InChI is InChI=1S/2C13H13Si2.2Li/c2*1-6-7(2)9(4)12-10(8(6)3)5-11(14)13(12)15;;/h2*5H,1-4H3;;/q2*-1;2*+1. The molecule has 0 N–H and O–H groups in total. The zero-order valence-electron chi connectivity index (χ0n) is 21.2. The number of benzene rings is 2. The van der Waals surface area contributed by atoms with Crippen molar-refractivity contribution in [2.24, 2.45) is 0 Å². The summed E-state index contributed by atoms with van der Waals surface area (Å²) in [5, 5.41) is 10.0. The minimum atomic E-state index is 0. The Morgan fingerprint density at radius 3 is 1.03 bits per heavy atom. The van der Waals surface area contributed by atoms with Gasteiger partial charge < -0.3 is 0 Å². The molecule has 0 nitrogen and oxygen atoms in total. The van der Waals surface area contributed by atoms with Crippen molar-refractivity contribution in [3.05, 3.63) is 56.6 Å². The second kappa shape index (κ2) is 11.0. The molecule has 0 atom stereocenters. The van der Waals surface area contributed by atoms with E-state index in [1.54, 1.807) is 0 Å². The van der Waals surface area contributed by atoms with Gasteiger partial charge >= 0.3 is 37.7 Å². The fourth-order valence-electron chi connectivity index (χ4n) is 4.39. The molecule has 0 aliphatic carbocycles. The summed E-state index contributed by atoms with van der Waals surface area (Å²) in [4.78, 5) is 0. The molecule has 12 radical (unpaired) electrons. The Kier molecular flexibility index (Phi) is 10.2. The minimum absolute atomic E-state index is 0. The van der Waals surface area contributed by atoms with Crippen LogP contribution in [0.3, 0.4) is 0 Å². The van der Waals surface area contributed by atoms with E-state index in [1.807, 2.05) is 0 Å². The third-order valence-electron chi connectivity index (χ3n) is 7.09. The number of hydrogen-bond acceptors (Lipinski definition) is 0. The van der Waals surface area contributed by atoms with Gasteiger partial charge in [-0.15, -0.1) is 88.2 Å². The van der Waals surface area contributed by atoms with Crippen LogP contribution in [0.1, 0.15) is 44.5 Å². The number of fused-ring (bicyclic) bond motifs is 2. The number of hydrogen-bond donors (Lipinski definition) is 0. The van der Waals surface area contributed by atoms with Crippen LogP contribution in [0.15, 0.2) is 12.1 Å². The van der Waals surface area contributed by atoms with Crippen molar-refractivity contribution in [3.63, 3.8) is 0 Å². The van der Waals surface area contributed by atoms with E-state index in [0.717, 1.165) is 10.4 Å². The molecule has 4 rings (SSSR count). The second-order valence-corrected chi connectivity index (χ2v) is 10.5. The van der Waals surface area contributed by atoms with Gasteiger partial charge in [-0.05, 0) is 41.0 Å². The maximum atomic E-state index is 3.70. The molecule has 0 spiro atoms. The Morgan fingerprint density at radius 1 is 0.469 bits per heavy atom. The Hall–Kier alpha value is -0.278. The van der Waals surface area contributed by atoms with Gasteiger partial charge in [0.05, 0.1) is 0 Å². The van der Waals surface area contributed by atoms with Gasteiger partial charge in [-0.3, -0.25) is 0 Å². The average molecular weight is 465 g/mol. The van der Waals surface area contributed by atoms with Crippen LogP contribution in [0.5, 0.6) is 0 Å². The molecule has 0 saturated heterocycles. The van der Waals surface area contributed by atoms with Crippen molar-refractivity contribution in [1.82, 2.24) is 0 Å². The molecule has 148 valence electrons. The van der Waals surface area contributed by atoms with Gasteiger partial charge in [-0.2, -0.15) is 0 Å². The maximum absolute atomic E-state index is 3.70. The Labute approximate surface area is 231 Å². The SMILES string of the molecule is Cc1c(C)c(C)[c-]2cc([Si])c([Si])c2c1C.Cc1c(C)c(C)[c-]2cc([Si])c([Si])c2c1C.[Li+].[Li+]. The van der Waals surface area contributed by atoms with Crippen molar-refractivity contribution in [1.29, 1.82) is 0 Å². The van der Waals surface area contributed by atoms with Gasteiger partial charge in [0.25, 0.3) is 0 Å². The van der Waals surface area contributed by atoms with E-state index in [1.165, 1.54) is 76.4 Å². The molecule has 0 aliphatic rings. The van der Waals surface area contributed by atoms with Gasteiger partial charge in [0, 0.05) is 0 Å². The van der Waals surface area contributed by atoms with Gasteiger partial charge in [0.2, 0.25) is 0 Å². The molecular weight excluding hydrogens is 439 g/mol. The van der Waals surface area contributed by atoms with Crippen molar-refractivity contribution in [3.8, 4) is 0 Å². The normalized spacial score (nSPS) is 10.6. The van der Waals surface area contributed by atoms with Crippen LogP contribution in [-0.2, 0) is 0 Å².